The van der Waals surface area contributed by atoms with Crippen molar-refractivity contribution in [1.29, 1.82) is 0 Å². The molecule has 0 bridgehead atoms. The van der Waals surface area contributed by atoms with Gasteiger partial charge in [0.05, 0.1) is 24.5 Å². The summed E-state index contributed by atoms with van der Waals surface area (Å²) in [5, 5.41) is 2.74. The molecule has 34 heavy (non-hydrogen) atoms. The van der Waals surface area contributed by atoms with Crippen LogP contribution in [0.15, 0.2) is 72.8 Å². The molecule has 0 saturated heterocycles. The summed E-state index contributed by atoms with van der Waals surface area (Å²) in [4.78, 5) is 38.5. The zero-order valence-corrected chi connectivity index (χ0v) is 19.5. The molecular formula is C27H27NO6. The first kappa shape index (κ1) is 24.5. The number of carbonyl (C=O) groups excluding carboxylic acids is 3. The molecule has 0 fully saturated rings. The van der Waals surface area contributed by atoms with Crippen molar-refractivity contribution in [3.63, 3.8) is 0 Å². The minimum atomic E-state index is -1.47. The second kappa shape index (κ2) is 11.1. The van der Waals surface area contributed by atoms with Crippen LogP contribution in [-0.2, 0) is 9.53 Å². The van der Waals surface area contributed by atoms with Crippen LogP contribution in [0.5, 0.6) is 11.5 Å². The topological polar surface area (TPSA) is 90.9 Å². The Morgan fingerprint density at radius 2 is 1.53 bits per heavy atom. The Labute approximate surface area is 198 Å². The van der Waals surface area contributed by atoms with Crippen molar-refractivity contribution in [2.45, 2.75) is 33.0 Å². The van der Waals surface area contributed by atoms with Crippen LogP contribution >= 0.6 is 0 Å². The monoisotopic (exact) mass is 461 g/mol. The van der Waals surface area contributed by atoms with E-state index in [1.54, 1.807) is 56.3 Å². The number of nitrogens with one attached hydrogen (secondary N) is 1. The fourth-order valence-electron chi connectivity index (χ4n) is 3.19. The van der Waals surface area contributed by atoms with Gasteiger partial charge in [0, 0.05) is 5.56 Å². The largest absolute Gasteiger partial charge is 0.495 e. The highest BCUT2D eigenvalue weighted by Gasteiger charge is 2.30. The van der Waals surface area contributed by atoms with E-state index in [-0.39, 0.29) is 11.9 Å². The smallest absolute Gasteiger partial charge is 0.338 e. The lowest BCUT2D eigenvalue weighted by Crippen LogP contribution is -2.40. The van der Waals surface area contributed by atoms with E-state index >= 15 is 0 Å². The number of ketones is 1. The van der Waals surface area contributed by atoms with E-state index in [0.29, 0.717) is 22.6 Å². The van der Waals surface area contributed by atoms with Crippen molar-refractivity contribution < 1.29 is 28.6 Å². The van der Waals surface area contributed by atoms with Crippen molar-refractivity contribution in [1.82, 2.24) is 0 Å². The molecule has 176 valence electrons. The fraction of sp³-hybridized carbons (Fsp3) is 0.222. The van der Waals surface area contributed by atoms with Crippen molar-refractivity contribution in [3.05, 3.63) is 89.5 Å². The van der Waals surface area contributed by atoms with Crippen LogP contribution in [0, 0.1) is 6.92 Å². The summed E-state index contributed by atoms with van der Waals surface area (Å²) in [6, 6.07) is 19.8. The van der Waals surface area contributed by atoms with Gasteiger partial charge in [0.2, 0.25) is 11.9 Å². The Balaban J connectivity index is 1.87. The lowest BCUT2D eigenvalue weighted by Gasteiger charge is -2.19. The number of hydrogen-bond acceptors (Lipinski definition) is 6. The summed E-state index contributed by atoms with van der Waals surface area (Å²) in [6.45, 7) is 5.40. The van der Waals surface area contributed by atoms with Gasteiger partial charge in [-0.2, -0.15) is 0 Å². The van der Waals surface area contributed by atoms with Gasteiger partial charge in [-0.05, 0) is 62.7 Å². The molecule has 1 unspecified atom stereocenters. The maximum Gasteiger partial charge on any atom is 0.338 e. The van der Waals surface area contributed by atoms with Crippen LogP contribution in [0.4, 0.5) is 5.69 Å². The lowest BCUT2D eigenvalue weighted by atomic mass is 10.1. The van der Waals surface area contributed by atoms with Gasteiger partial charge in [-0.15, -0.1) is 0 Å². The minimum Gasteiger partial charge on any atom is -0.495 e. The predicted molar refractivity (Wildman–Crippen MR) is 129 cm³/mol. The molecule has 0 spiro atoms. The van der Waals surface area contributed by atoms with Crippen LogP contribution in [0.3, 0.4) is 0 Å². The van der Waals surface area contributed by atoms with Crippen molar-refractivity contribution in [3.8, 4) is 11.5 Å². The average molecular weight is 462 g/mol. The van der Waals surface area contributed by atoms with E-state index < -0.39 is 23.8 Å². The van der Waals surface area contributed by atoms with Gasteiger partial charge in [0.15, 0.2) is 0 Å². The number of hydrogen-bond donors (Lipinski definition) is 1. The van der Waals surface area contributed by atoms with Crippen LogP contribution in [0.1, 0.15) is 40.1 Å². The summed E-state index contributed by atoms with van der Waals surface area (Å²) in [5.74, 6) is -0.920. The van der Waals surface area contributed by atoms with E-state index in [0.717, 1.165) is 5.56 Å². The third-order valence-electron chi connectivity index (χ3n) is 4.83. The second-order valence-electron chi connectivity index (χ2n) is 7.90. The van der Waals surface area contributed by atoms with Crippen molar-refractivity contribution in [2.24, 2.45) is 0 Å². The number of carbonyl (C=O) groups is 3. The van der Waals surface area contributed by atoms with Gasteiger partial charge >= 0.3 is 5.97 Å². The Hall–Kier alpha value is -4.13. The van der Waals surface area contributed by atoms with Crippen LogP contribution < -0.4 is 14.8 Å². The molecule has 0 aromatic heterocycles. The molecule has 0 saturated carbocycles. The molecule has 0 aliphatic rings. The Morgan fingerprint density at radius 3 is 2.15 bits per heavy atom. The summed E-state index contributed by atoms with van der Waals surface area (Å²) in [7, 11) is 1.50. The molecule has 0 radical (unpaired) electrons. The Bertz CT molecular complexity index is 1160. The number of esters is 1. The number of benzene rings is 3. The maximum atomic E-state index is 13.2. The standard InChI is InChI=1S/C27H27NO6/c1-17(2)33-27(31)20-11-13-21(14-12-20)34-25(24(29)19-8-6-5-7-9-19)26(30)28-22-16-18(3)10-15-23(22)32-4/h5-17,25H,1-4H3,(H,28,30). The van der Waals surface area contributed by atoms with Gasteiger partial charge in [0.1, 0.15) is 11.5 Å². The number of aryl methyl sites for hydroxylation is 1. The quantitative estimate of drug-likeness (QED) is 0.279. The zero-order valence-electron chi connectivity index (χ0n) is 19.5. The zero-order chi connectivity index (χ0) is 24.7. The molecule has 7 nitrogen and oxygen atoms in total. The molecule has 0 aliphatic carbocycles. The fourth-order valence-corrected chi connectivity index (χ4v) is 3.19. The molecule has 0 heterocycles. The molecule has 3 aromatic carbocycles. The molecule has 3 rings (SSSR count). The molecule has 1 amide bonds. The number of amides is 1. The van der Waals surface area contributed by atoms with E-state index in [1.165, 1.54) is 31.4 Å². The summed E-state index contributed by atoms with van der Waals surface area (Å²) >= 11 is 0. The van der Waals surface area contributed by atoms with Crippen LogP contribution in [-0.4, -0.2) is 37.0 Å². The first-order valence-corrected chi connectivity index (χ1v) is 10.8. The summed E-state index contributed by atoms with van der Waals surface area (Å²) in [6.07, 6.45) is -1.72. The number of ether oxygens (including phenoxy) is 3. The minimum absolute atomic E-state index is 0.251. The van der Waals surface area contributed by atoms with Crippen molar-refractivity contribution >= 4 is 23.3 Å². The van der Waals surface area contributed by atoms with Gasteiger partial charge in [0.25, 0.3) is 5.91 Å². The van der Waals surface area contributed by atoms with Gasteiger partial charge in [-0.1, -0.05) is 36.4 Å². The first-order chi connectivity index (χ1) is 16.3. The van der Waals surface area contributed by atoms with Gasteiger partial charge in [-0.3, -0.25) is 9.59 Å². The number of anilines is 1. The van der Waals surface area contributed by atoms with Crippen LogP contribution in [0.2, 0.25) is 0 Å². The van der Waals surface area contributed by atoms with Crippen LogP contribution in [0.25, 0.3) is 0 Å². The lowest BCUT2D eigenvalue weighted by molar-refractivity contribution is -0.120. The number of Topliss-reactive ketones (excluding diaryl/α,β-unsaturated/α-hetero) is 1. The van der Waals surface area contributed by atoms with E-state index in [1.807, 2.05) is 13.0 Å². The first-order valence-electron chi connectivity index (χ1n) is 10.8. The predicted octanol–water partition coefficient (Wildman–Crippen LogP) is 4.84. The second-order valence-corrected chi connectivity index (χ2v) is 7.90. The molecule has 0 aliphatic heterocycles. The van der Waals surface area contributed by atoms with E-state index in [2.05, 4.69) is 5.32 Å². The highest BCUT2D eigenvalue weighted by molar-refractivity contribution is 6.16. The third kappa shape index (κ3) is 6.22. The maximum absolute atomic E-state index is 13.2. The van der Waals surface area contributed by atoms with Crippen molar-refractivity contribution in [2.75, 3.05) is 12.4 Å². The number of rotatable bonds is 9. The Morgan fingerprint density at radius 1 is 0.853 bits per heavy atom. The number of methoxy groups -OCH3 is 1. The average Bonchev–Trinajstić information content (AvgIpc) is 2.82. The SMILES string of the molecule is COc1ccc(C)cc1NC(=O)C(Oc1ccc(C(=O)OC(C)C)cc1)C(=O)c1ccccc1. The molecule has 7 heteroatoms. The highest BCUT2D eigenvalue weighted by atomic mass is 16.5. The molecular weight excluding hydrogens is 434 g/mol. The Kier molecular flexibility index (Phi) is 8.03. The molecule has 1 atom stereocenters. The highest BCUT2D eigenvalue weighted by Crippen LogP contribution is 2.26. The summed E-state index contributed by atoms with van der Waals surface area (Å²) < 4.78 is 16.3. The molecule has 1 N–H and O–H groups in total. The normalized spacial score (nSPS) is 11.4. The van der Waals surface area contributed by atoms with Gasteiger partial charge < -0.3 is 19.5 Å². The molecule has 3 aromatic rings. The van der Waals surface area contributed by atoms with E-state index in [9.17, 15) is 14.4 Å². The third-order valence-corrected chi connectivity index (χ3v) is 4.83. The van der Waals surface area contributed by atoms with Gasteiger partial charge in [-0.25, -0.2) is 4.79 Å². The van der Waals surface area contributed by atoms with E-state index in [4.69, 9.17) is 14.2 Å². The summed E-state index contributed by atoms with van der Waals surface area (Å²) in [5.41, 5.74) is 2.00.